The number of amides is 1. The number of hydrogen-bond acceptors (Lipinski definition) is 8. The molecular weight excluding hydrogens is 438 g/mol. The molecule has 0 aliphatic heterocycles. The number of rotatable bonds is 9. The topological polar surface area (TPSA) is 131 Å². The van der Waals surface area contributed by atoms with E-state index in [0.29, 0.717) is 36.9 Å². The zero-order valence-corrected chi connectivity index (χ0v) is 20.2. The highest BCUT2D eigenvalue weighted by Gasteiger charge is 2.21. The van der Waals surface area contributed by atoms with Crippen LogP contribution < -0.4 is 5.32 Å². The lowest BCUT2D eigenvalue weighted by atomic mass is 10.1. The molecule has 2 aromatic heterocycles. The van der Waals surface area contributed by atoms with Gasteiger partial charge in [0.1, 0.15) is 11.4 Å². The van der Waals surface area contributed by atoms with Crippen LogP contribution >= 0.6 is 0 Å². The van der Waals surface area contributed by atoms with E-state index >= 15 is 0 Å². The third-order valence-corrected chi connectivity index (χ3v) is 5.07. The Kier molecular flexibility index (Phi) is 7.70. The minimum absolute atomic E-state index is 0.0854. The molecule has 1 aromatic carbocycles. The highest BCUT2D eigenvalue weighted by molar-refractivity contribution is 5.94. The molecule has 0 bridgehead atoms. The van der Waals surface area contributed by atoms with Crippen molar-refractivity contribution in [3.63, 3.8) is 0 Å². The Hall–Kier alpha value is -3.69. The number of carbonyl (C=O) groups is 2. The summed E-state index contributed by atoms with van der Waals surface area (Å²) in [7, 11) is 1.67. The van der Waals surface area contributed by atoms with Gasteiger partial charge in [-0.2, -0.15) is 4.98 Å². The van der Waals surface area contributed by atoms with E-state index in [1.165, 1.54) is 4.90 Å². The Morgan fingerprint density at radius 3 is 2.68 bits per heavy atom. The lowest BCUT2D eigenvalue weighted by Gasteiger charge is -2.25. The van der Waals surface area contributed by atoms with Crippen LogP contribution in [-0.2, 0) is 9.53 Å². The number of anilines is 1. The van der Waals surface area contributed by atoms with Gasteiger partial charge in [0, 0.05) is 43.7 Å². The first-order valence-electron chi connectivity index (χ1n) is 11.1. The molecular formula is C24H31N5O5. The number of ether oxygens (including phenoxy) is 1. The molecule has 10 nitrogen and oxygen atoms in total. The van der Waals surface area contributed by atoms with Crippen LogP contribution in [0.1, 0.15) is 45.9 Å². The number of carboxylic acids is 1. The highest BCUT2D eigenvalue weighted by atomic mass is 16.6. The van der Waals surface area contributed by atoms with Crippen LogP contribution in [0.4, 0.5) is 10.6 Å². The van der Waals surface area contributed by atoms with E-state index in [1.807, 2.05) is 45.0 Å². The molecule has 0 fully saturated rings. The Labute approximate surface area is 198 Å². The van der Waals surface area contributed by atoms with Crippen molar-refractivity contribution in [3.05, 3.63) is 36.4 Å². The maximum atomic E-state index is 12.2. The van der Waals surface area contributed by atoms with Gasteiger partial charge >= 0.3 is 12.1 Å². The van der Waals surface area contributed by atoms with Gasteiger partial charge in [-0.15, -0.1) is 0 Å². The second-order valence-electron chi connectivity index (χ2n) is 9.22. The van der Waals surface area contributed by atoms with E-state index in [-0.39, 0.29) is 12.5 Å². The Balaban J connectivity index is 1.73. The molecule has 0 unspecified atom stereocenters. The summed E-state index contributed by atoms with van der Waals surface area (Å²) in [5, 5.41) is 18.4. The summed E-state index contributed by atoms with van der Waals surface area (Å²) in [5.74, 6) is 0.603. The van der Waals surface area contributed by atoms with E-state index in [9.17, 15) is 14.7 Å². The van der Waals surface area contributed by atoms with E-state index < -0.39 is 17.7 Å². The first-order chi connectivity index (χ1) is 16.0. The van der Waals surface area contributed by atoms with Gasteiger partial charge in [-0.3, -0.25) is 4.79 Å². The molecule has 0 saturated heterocycles. The number of aryl methyl sites for hydroxylation is 1. The summed E-state index contributed by atoms with van der Waals surface area (Å²) in [6.07, 6.45) is 2.31. The molecule has 2 heterocycles. The summed E-state index contributed by atoms with van der Waals surface area (Å²) >= 11 is 0. The van der Waals surface area contributed by atoms with E-state index in [2.05, 4.69) is 20.4 Å². The highest BCUT2D eigenvalue weighted by Crippen LogP contribution is 2.27. The summed E-state index contributed by atoms with van der Waals surface area (Å²) in [4.78, 5) is 33.9. The van der Waals surface area contributed by atoms with Crippen molar-refractivity contribution in [1.82, 2.24) is 20.0 Å². The predicted octanol–water partition coefficient (Wildman–Crippen LogP) is 4.50. The third kappa shape index (κ3) is 6.90. The number of pyridine rings is 1. The standard InChI is InChI=1S/C24H31N5O5/c1-15-26-21(28-34-15)17-9-8-16-10-11-25-22(19(16)13-17)27-18(14-20(30)31)7-6-12-29(5)23(32)33-24(2,3)4/h8-11,13,18H,6-7,12,14H2,1-5H3,(H,25,27)(H,30,31)/t18-/m0/s1. The zero-order chi connectivity index (χ0) is 24.9. The molecule has 2 N–H and O–H groups in total. The van der Waals surface area contributed by atoms with Gasteiger partial charge < -0.3 is 24.6 Å². The Morgan fingerprint density at radius 2 is 2.03 bits per heavy atom. The van der Waals surface area contributed by atoms with Gasteiger partial charge in [-0.25, -0.2) is 9.78 Å². The minimum atomic E-state index is -0.916. The van der Waals surface area contributed by atoms with Crippen molar-refractivity contribution >= 4 is 28.7 Å². The summed E-state index contributed by atoms with van der Waals surface area (Å²) in [6, 6.07) is 7.25. The fraction of sp³-hybridized carbons (Fsp3) is 0.458. The van der Waals surface area contributed by atoms with Gasteiger partial charge in [-0.05, 0) is 51.1 Å². The van der Waals surface area contributed by atoms with Crippen molar-refractivity contribution in [2.45, 2.75) is 58.6 Å². The lowest BCUT2D eigenvalue weighted by Crippen LogP contribution is -2.35. The van der Waals surface area contributed by atoms with Crippen molar-refractivity contribution < 1.29 is 24.0 Å². The molecule has 0 aliphatic rings. The molecule has 0 aliphatic carbocycles. The smallest absolute Gasteiger partial charge is 0.410 e. The monoisotopic (exact) mass is 469 g/mol. The number of carbonyl (C=O) groups excluding carboxylic acids is 1. The second kappa shape index (κ2) is 10.5. The van der Waals surface area contributed by atoms with Crippen LogP contribution in [0, 0.1) is 6.92 Å². The molecule has 3 rings (SSSR count). The van der Waals surface area contributed by atoms with Gasteiger partial charge in [0.25, 0.3) is 0 Å². The first-order valence-corrected chi connectivity index (χ1v) is 11.1. The lowest BCUT2D eigenvalue weighted by molar-refractivity contribution is -0.137. The number of aromatic nitrogens is 3. The molecule has 34 heavy (non-hydrogen) atoms. The average Bonchev–Trinajstić information content (AvgIpc) is 3.18. The molecule has 182 valence electrons. The maximum Gasteiger partial charge on any atom is 0.410 e. The number of fused-ring (bicyclic) bond motifs is 1. The number of nitrogens with one attached hydrogen (secondary N) is 1. The third-order valence-electron chi connectivity index (χ3n) is 5.07. The van der Waals surface area contributed by atoms with E-state index in [4.69, 9.17) is 9.26 Å². The first kappa shape index (κ1) is 24.9. The summed E-state index contributed by atoms with van der Waals surface area (Å²) in [5.41, 5.74) is 0.201. The van der Waals surface area contributed by atoms with Crippen LogP contribution in [-0.4, -0.2) is 62.4 Å². The van der Waals surface area contributed by atoms with Crippen LogP contribution in [0.3, 0.4) is 0 Å². The molecule has 0 saturated carbocycles. The quantitative estimate of drug-likeness (QED) is 0.465. The number of carboxylic acid groups (broad SMARTS) is 1. The number of hydrogen-bond donors (Lipinski definition) is 2. The fourth-order valence-corrected chi connectivity index (χ4v) is 3.47. The number of nitrogens with zero attached hydrogens (tertiary/aromatic N) is 4. The van der Waals surface area contributed by atoms with Crippen LogP contribution in [0.2, 0.25) is 0 Å². The van der Waals surface area contributed by atoms with Crippen molar-refractivity contribution in [2.24, 2.45) is 0 Å². The molecule has 1 atom stereocenters. The van der Waals surface area contributed by atoms with E-state index in [1.54, 1.807) is 20.2 Å². The largest absolute Gasteiger partial charge is 0.481 e. The van der Waals surface area contributed by atoms with Crippen LogP contribution in [0.5, 0.6) is 0 Å². The van der Waals surface area contributed by atoms with Gasteiger partial charge in [0.15, 0.2) is 0 Å². The molecule has 0 radical (unpaired) electrons. The van der Waals surface area contributed by atoms with Gasteiger partial charge in [0.2, 0.25) is 11.7 Å². The number of aliphatic carboxylic acids is 1. The normalized spacial score (nSPS) is 12.4. The second-order valence-corrected chi connectivity index (χ2v) is 9.22. The number of benzene rings is 1. The maximum absolute atomic E-state index is 12.2. The van der Waals surface area contributed by atoms with Gasteiger partial charge in [0.05, 0.1) is 6.42 Å². The molecule has 3 aromatic rings. The minimum Gasteiger partial charge on any atom is -0.481 e. The van der Waals surface area contributed by atoms with Crippen LogP contribution in [0.15, 0.2) is 35.0 Å². The molecule has 1 amide bonds. The summed E-state index contributed by atoms with van der Waals surface area (Å²) < 4.78 is 10.4. The van der Waals surface area contributed by atoms with Crippen molar-refractivity contribution in [1.29, 1.82) is 0 Å². The average molecular weight is 470 g/mol. The Bertz CT molecular complexity index is 1150. The van der Waals surface area contributed by atoms with Gasteiger partial charge in [-0.1, -0.05) is 17.3 Å². The van der Waals surface area contributed by atoms with Crippen LogP contribution in [0.25, 0.3) is 22.2 Å². The SMILES string of the molecule is Cc1nc(-c2ccc3ccnc(N[C@@H](CCCN(C)C(=O)OC(C)(C)C)CC(=O)O)c3c2)no1. The van der Waals surface area contributed by atoms with E-state index in [0.717, 1.165) is 16.3 Å². The Morgan fingerprint density at radius 1 is 1.26 bits per heavy atom. The van der Waals surface area contributed by atoms with Crippen molar-refractivity contribution in [2.75, 3.05) is 18.9 Å². The van der Waals surface area contributed by atoms with Crippen molar-refractivity contribution in [3.8, 4) is 11.4 Å². The zero-order valence-electron chi connectivity index (χ0n) is 20.2. The fourth-order valence-electron chi connectivity index (χ4n) is 3.47. The molecule has 10 heteroatoms. The molecule has 0 spiro atoms. The predicted molar refractivity (Wildman–Crippen MR) is 128 cm³/mol. The summed E-state index contributed by atoms with van der Waals surface area (Å²) in [6.45, 7) is 7.61.